The second-order valence-corrected chi connectivity index (χ2v) is 8.26. The van der Waals surface area contributed by atoms with Crippen molar-refractivity contribution in [3.05, 3.63) is 41.7 Å². The molecule has 3 rings (SSSR count). The molecule has 1 atom stereocenters. The number of hydrogen-bond donors (Lipinski definition) is 1. The molecule has 0 bridgehead atoms. The number of nitrogens with one attached hydrogen (secondary N) is 1. The molecule has 3 heterocycles. The van der Waals surface area contributed by atoms with Crippen LogP contribution < -0.4 is 4.72 Å². The average molecular weight is 423 g/mol. The van der Waals surface area contributed by atoms with Gasteiger partial charge in [-0.15, -0.1) is 0 Å². The average Bonchev–Trinajstić information content (AvgIpc) is 2.91. The van der Waals surface area contributed by atoms with Crippen LogP contribution in [0.5, 0.6) is 0 Å². The lowest BCUT2D eigenvalue weighted by Gasteiger charge is -2.17. The SMILES string of the molecule is Cc1cnc2c(c1)c(C#N)c(-c1ccc(S(=O)(=O)N[C@@H](C)C(F)(F)F)cn1)n2C. The number of fused-ring (bicyclic) bond motifs is 1. The van der Waals surface area contributed by atoms with Gasteiger partial charge in [0.2, 0.25) is 10.0 Å². The zero-order valence-corrected chi connectivity index (χ0v) is 16.4. The van der Waals surface area contributed by atoms with E-state index < -0.39 is 27.1 Å². The van der Waals surface area contributed by atoms with Gasteiger partial charge in [0.05, 0.1) is 17.0 Å². The third-order valence-electron chi connectivity index (χ3n) is 4.39. The fourth-order valence-corrected chi connectivity index (χ4v) is 4.05. The van der Waals surface area contributed by atoms with E-state index >= 15 is 0 Å². The minimum Gasteiger partial charge on any atom is -0.326 e. The van der Waals surface area contributed by atoms with Crippen molar-refractivity contribution < 1.29 is 21.6 Å². The van der Waals surface area contributed by atoms with E-state index in [2.05, 4.69) is 16.0 Å². The Morgan fingerprint density at radius 1 is 1.24 bits per heavy atom. The van der Waals surface area contributed by atoms with Gasteiger partial charge in [-0.25, -0.2) is 13.4 Å². The van der Waals surface area contributed by atoms with Crippen LogP contribution in [0.1, 0.15) is 18.1 Å². The molecule has 1 N–H and O–H groups in total. The first-order valence-corrected chi connectivity index (χ1v) is 9.84. The fourth-order valence-electron chi connectivity index (χ4n) is 2.87. The zero-order valence-electron chi connectivity index (χ0n) is 15.6. The molecular formula is C18H16F3N5O2S. The van der Waals surface area contributed by atoms with Gasteiger partial charge in [-0.05, 0) is 37.6 Å². The van der Waals surface area contributed by atoms with E-state index in [4.69, 9.17) is 0 Å². The third-order valence-corrected chi connectivity index (χ3v) is 5.91. The highest BCUT2D eigenvalue weighted by molar-refractivity contribution is 7.89. The second kappa shape index (κ2) is 7.13. The molecule has 29 heavy (non-hydrogen) atoms. The maximum absolute atomic E-state index is 12.7. The quantitative estimate of drug-likeness (QED) is 0.695. The molecule has 0 amide bonds. The second-order valence-electron chi connectivity index (χ2n) is 6.54. The first-order valence-electron chi connectivity index (χ1n) is 8.36. The first-order chi connectivity index (χ1) is 13.5. The monoisotopic (exact) mass is 423 g/mol. The smallest absolute Gasteiger partial charge is 0.326 e. The highest BCUT2D eigenvalue weighted by atomic mass is 32.2. The number of alkyl halides is 3. The Bertz CT molecular complexity index is 1230. The molecule has 0 aromatic carbocycles. The largest absolute Gasteiger partial charge is 0.404 e. The summed E-state index contributed by atoms with van der Waals surface area (Å²) in [7, 11) is -2.72. The summed E-state index contributed by atoms with van der Waals surface area (Å²) in [5.74, 6) is 0. The highest BCUT2D eigenvalue weighted by Crippen LogP contribution is 2.31. The van der Waals surface area contributed by atoms with Gasteiger partial charge in [0.15, 0.2) is 0 Å². The van der Waals surface area contributed by atoms with Crippen LogP contribution in [0.2, 0.25) is 0 Å². The summed E-state index contributed by atoms with van der Waals surface area (Å²) in [4.78, 5) is 7.98. The molecule has 0 aliphatic carbocycles. The molecule has 0 aliphatic rings. The van der Waals surface area contributed by atoms with E-state index in [0.717, 1.165) is 17.8 Å². The van der Waals surface area contributed by atoms with E-state index in [1.807, 2.05) is 13.0 Å². The van der Waals surface area contributed by atoms with Gasteiger partial charge in [-0.2, -0.15) is 23.2 Å². The Labute approximate surface area is 164 Å². The van der Waals surface area contributed by atoms with Crippen LogP contribution in [0.15, 0.2) is 35.5 Å². The molecule has 3 aromatic rings. The molecule has 0 saturated carbocycles. The standard InChI is InChI=1S/C18H16F3N5O2S/c1-10-6-13-14(7-22)16(26(3)17(13)24-8-10)15-5-4-12(9-23-15)29(27,28)25-11(2)18(19,20)21/h4-6,8-9,11,25H,1-3H3/t11-/m0/s1. The van der Waals surface area contributed by atoms with Crippen molar-refractivity contribution in [1.82, 2.24) is 19.3 Å². The van der Waals surface area contributed by atoms with Crippen molar-refractivity contribution >= 4 is 21.1 Å². The number of aryl methyl sites for hydroxylation is 2. The normalized spacial score (nSPS) is 13.4. The van der Waals surface area contributed by atoms with Crippen molar-refractivity contribution in [2.45, 2.75) is 31.0 Å². The van der Waals surface area contributed by atoms with Gasteiger partial charge < -0.3 is 4.57 Å². The van der Waals surface area contributed by atoms with Crippen LogP contribution in [0.25, 0.3) is 22.4 Å². The van der Waals surface area contributed by atoms with E-state index in [9.17, 15) is 26.9 Å². The maximum atomic E-state index is 12.7. The third kappa shape index (κ3) is 3.81. The van der Waals surface area contributed by atoms with Crippen LogP contribution in [0, 0.1) is 18.3 Å². The molecule has 11 heteroatoms. The van der Waals surface area contributed by atoms with Gasteiger partial charge in [0.1, 0.15) is 22.7 Å². The molecule has 0 unspecified atom stereocenters. The molecule has 3 aromatic heterocycles. The lowest BCUT2D eigenvalue weighted by Crippen LogP contribution is -2.42. The van der Waals surface area contributed by atoms with E-state index in [0.29, 0.717) is 34.9 Å². The lowest BCUT2D eigenvalue weighted by atomic mass is 10.1. The summed E-state index contributed by atoms with van der Waals surface area (Å²) in [6, 6.07) is 4.17. The van der Waals surface area contributed by atoms with Gasteiger partial charge in [0, 0.05) is 24.8 Å². The molecule has 0 aliphatic heterocycles. The van der Waals surface area contributed by atoms with Gasteiger partial charge >= 0.3 is 6.18 Å². The molecule has 7 nitrogen and oxygen atoms in total. The first kappa shape index (κ1) is 20.8. The van der Waals surface area contributed by atoms with Crippen molar-refractivity contribution in [1.29, 1.82) is 5.26 Å². The molecular weight excluding hydrogens is 407 g/mol. The summed E-state index contributed by atoms with van der Waals surface area (Å²) in [6.07, 6.45) is -2.10. The van der Waals surface area contributed by atoms with Gasteiger partial charge in [-0.1, -0.05) is 0 Å². The van der Waals surface area contributed by atoms with Gasteiger partial charge in [0.25, 0.3) is 0 Å². The minimum atomic E-state index is -4.71. The number of nitriles is 1. The van der Waals surface area contributed by atoms with Crippen molar-refractivity contribution in [3.8, 4) is 17.5 Å². The van der Waals surface area contributed by atoms with E-state index in [1.165, 1.54) is 6.07 Å². The summed E-state index contributed by atoms with van der Waals surface area (Å²) in [5.41, 5.74) is 2.47. The molecule has 0 fully saturated rings. The number of halogens is 3. The van der Waals surface area contributed by atoms with Crippen molar-refractivity contribution in [2.24, 2.45) is 7.05 Å². The van der Waals surface area contributed by atoms with Crippen molar-refractivity contribution in [3.63, 3.8) is 0 Å². The van der Waals surface area contributed by atoms with Crippen LogP contribution >= 0.6 is 0 Å². The predicted octanol–water partition coefficient (Wildman–Crippen LogP) is 3.04. The summed E-state index contributed by atoms with van der Waals surface area (Å²) in [5, 5.41) is 10.2. The van der Waals surface area contributed by atoms with Crippen LogP contribution in [-0.4, -0.2) is 35.2 Å². The zero-order chi connectivity index (χ0) is 21.6. The Kier molecular flexibility index (Phi) is 5.10. The van der Waals surface area contributed by atoms with Gasteiger partial charge in [-0.3, -0.25) is 4.98 Å². The molecule has 152 valence electrons. The topological polar surface area (TPSA) is 101 Å². The van der Waals surface area contributed by atoms with Crippen LogP contribution in [0.3, 0.4) is 0 Å². The number of aromatic nitrogens is 3. The Morgan fingerprint density at radius 2 is 1.93 bits per heavy atom. The van der Waals surface area contributed by atoms with Crippen LogP contribution in [0.4, 0.5) is 13.2 Å². The van der Waals surface area contributed by atoms with Crippen LogP contribution in [-0.2, 0) is 17.1 Å². The number of pyridine rings is 2. The van der Waals surface area contributed by atoms with E-state index in [1.54, 1.807) is 22.5 Å². The highest BCUT2D eigenvalue weighted by Gasteiger charge is 2.39. The lowest BCUT2D eigenvalue weighted by molar-refractivity contribution is -0.147. The fraction of sp³-hybridized carbons (Fsp3) is 0.278. The predicted molar refractivity (Wildman–Crippen MR) is 99.2 cm³/mol. The Morgan fingerprint density at radius 3 is 2.48 bits per heavy atom. The number of rotatable bonds is 4. The summed E-state index contributed by atoms with van der Waals surface area (Å²) < 4.78 is 65.6. The van der Waals surface area contributed by atoms with Crippen molar-refractivity contribution in [2.75, 3.05) is 0 Å². The molecule has 0 spiro atoms. The Hall–Kier alpha value is -2.97. The molecule has 0 radical (unpaired) electrons. The number of sulfonamides is 1. The number of nitrogens with zero attached hydrogens (tertiary/aromatic N) is 4. The number of hydrogen-bond acceptors (Lipinski definition) is 5. The summed E-state index contributed by atoms with van der Waals surface area (Å²) >= 11 is 0. The maximum Gasteiger partial charge on any atom is 0.404 e. The molecule has 0 saturated heterocycles. The Balaban J connectivity index is 2.04. The van der Waals surface area contributed by atoms with E-state index in [-0.39, 0.29) is 0 Å². The minimum absolute atomic E-state index is 0.294. The summed E-state index contributed by atoms with van der Waals surface area (Å²) in [6.45, 7) is 2.55.